The number of rotatable bonds is 6. The van der Waals surface area contributed by atoms with Crippen LogP contribution in [0.5, 0.6) is 5.75 Å². The average molecular weight is 439 g/mol. The molecule has 160 valence electrons. The third kappa shape index (κ3) is 5.26. The number of carbonyl (C=O) groups is 1. The van der Waals surface area contributed by atoms with Crippen LogP contribution in [-0.2, 0) is 0 Å². The highest BCUT2D eigenvalue weighted by molar-refractivity contribution is 7.80. The number of nitrogens with one attached hydrogen (secondary N) is 2. The van der Waals surface area contributed by atoms with Crippen LogP contribution in [0, 0.1) is 10.1 Å². The molecule has 8 nitrogen and oxygen atoms in total. The summed E-state index contributed by atoms with van der Waals surface area (Å²) in [7, 11) is 0. The van der Waals surface area contributed by atoms with Gasteiger partial charge >= 0.3 is 0 Å². The lowest BCUT2D eigenvalue weighted by molar-refractivity contribution is -0.384. The lowest BCUT2D eigenvalue weighted by Gasteiger charge is -2.14. The van der Waals surface area contributed by atoms with Gasteiger partial charge in [0.2, 0.25) is 0 Å². The monoisotopic (exact) mass is 439 g/mol. The van der Waals surface area contributed by atoms with Crippen LogP contribution < -0.4 is 10.6 Å². The van der Waals surface area contributed by atoms with E-state index in [1.807, 2.05) is 6.07 Å². The van der Waals surface area contributed by atoms with Gasteiger partial charge in [-0.1, -0.05) is 32.0 Å². The zero-order valence-corrected chi connectivity index (χ0v) is 17.7. The van der Waals surface area contributed by atoms with Crippen molar-refractivity contribution in [3.63, 3.8) is 0 Å². The topological polar surface area (TPSA) is 118 Å². The highest BCUT2D eigenvalue weighted by Crippen LogP contribution is 2.29. The van der Waals surface area contributed by atoms with Crippen molar-refractivity contribution in [1.29, 1.82) is 0 Å². The highest BCUT2D eigenvalue weighted by atomic mass is 32.1. The van der Waals surface area contributed by atoms with Gasteiger partial charge < -0.3 is 14.8 Å². The molecule has 1 heterocycles. The minimum absolute atomic E-state index is 0.00472. The number of nitro groups is 1. The Morgan fingerprint density at radius 3 is 2.71 bits per heavy atom. The van der Waals surface area contributed by atoms with Gasteiger partial charge in [0.15, 0.2) is 10.9 Å². The van der Waals surface area contributed by atoms with Crippen LogP contribution in [0.2, 0.25) is 0 Å². The van der Waals surface area contributed by atoms with Gasteiger partial charge in [-0.15, -0.1) is 0 Å². The van der Waals surface area contributed by atoms with Crippen molar-refractivity contribution in [2.24, 2.45) is 0 Å². The summed E-state index contributed by atoms with van der Waals surface area (Å²) in [6, 6.07) is 14.1. The minimum atomic E-state index is -0.591. The quantitative estimate of drug-likeness (QED) is 0.209. The zero-order valence-electron chi connectivity index (χ0n) is 16.9. The van der Waals surface area contributed by atoms with Gasteiger partial charge in [0.05, 0.1) is 10.6 Å². The van der Waals surface area contributed by atoms with Gasteiger partial charge in [-0.3, -0.25) is 20.2 Å². The number of carbonyl (C=O) groups excluding carboxylic acids is 1. The molecule has 0 unspecified atom stereocenters. The number of phenols is 1. The van der Waals surface area contributed by atoms with Crippen molar-refractivity contribution in [1.82, 2.24) is 5.32 Å². The molecule has 2 aromatic carbocycles. The van der Waals surface area contributed by atoms with E-state index in [0.717, 1.165) is 12.0 Å². The van der Waals surface area contributed by atoms with Crippen LogP contribution in [0.3, 0.4) is 0 Å². The molecular formula is C22H21N3O5S. The molecule has 1 atom stereocenters. The van der Waals surface area contributed by atoms with E-state index in [-0.39, 0.29) is 22.3 Å². The molecule has 0 aliphatic rings. The number of benzene rings is 2. The van der Waals surface area contributed by atoms with Gasteiger partial charge in [-0.2, -0.15) is 0 Å². The zero-order chi connectivity index (χ0) is 22.5. The fourth-order valence-corrected chi connectivity index (χ4v) is 3.10. The second-order valence-electron chi connectivity index (χ2n) is 6.97. The molecule has 3 aromatic rings. The third-order valence-electron chi connectivity index (χ3n) is 4.85. The first-order chi connectivity index (χ1) is 14.8. The molecule has 0 aliphatic heterocycles. The van der Waals surface area contributed by atoms with Crippen LogP contribution in [0.4, 0.5) is 11.4 Å². The average Bonchev–Trinajstić information content (AvgIpc) is 3.25. The number of aromatic hydroxyl groups is 1. The number of nitrogens with zero attached hydrogens (tertiary/aromatic N) is 1. The Morgan fingerprint density at radius 1 is 1.23 bits per heavy atom. The summed E-state index contributed by atoms with van der Waals surface area (Å²) in [5.41, 5.74) is 1.81. The normalized spacial score (nSPS) is 11.5. The maximum Gasteiger partial charge on any atom is 0.293 e. The Morgan fingerprint density at radius 2 is 2.00 bits per heavy atom. The summed E-state index contributed by atoms with van der Waals surface area (Å²) in [6.45, 7) is 4.15. The van der Waals surface area contributed by atoms with E-state index in [4.69, 9.17) is 16.6 Å². The Hall–Kier alpha value is -3.72. The molecule has 0 radical (unpaired) electrons. The standard InChI is InChI=1S/C22H21N3O5S/c1-3-13(2)14-7-8-18(26)17(12-14)23-22(31)24-21(27)20-10-9-19(30-20)15-5-4-6-16(11-15)25(28)29/h4-13,26H,3H2,1-2H3,(H2,23,24,27,31)/t13-/m0/s1. The molecule has 3 N–H and O–H groups in total. The van der Waals surface area contributed by atoms with Gasteiger partial charge in [0.25, 0.3) is 11.6 Å². The molecule has 3 rings (SSSR count). The molecule has 0 spiro atoms. The largest absolute Gasteiger partial charge is 0.506 e. The highest BCUT2D eigenvalue weighted by Gasteiger charge is 2.16. The SMILES string of the molecule is CC[C@H](C)c1ccc(O)c(NC(=S)NC(=O)c2ccc(-c3cccc([N+](=O)[O-])c3)o2)c1. The van der Waals surface area contributed by atoms with E-state index in [1.165, 1.54) is 24.3 Å². The summed E-state index contributed by atoms with van der Waals surface area (Å²) in [5.74, 6) is 0.0240. The van der Waals surface area contributed by atoms with Gasteiger partial charge in [0, 0.05) is 17.7 Å². The van der Waals surface area contributed by atoms with E-state index in [0.29, 0.717) is 22.9 Å². The lowest BCUT2D eigenvalue weighted by atomic mass is 9.98. The van der Waals surface area contributed by atoms with Crippen LogP contribution in [-0.4, -0.2) is 21.0 Å². The molecule has 0 saturated heterocycles. The van der Waals surface area contributed by atoms with Crippen LogP contribution >= 0.6 is 12.2 Å². The molecule has 1 amide bonds. The van der Waals surface area contributed by atoms with E-state index in [9.17, 15) is 20.0 Å². The number of hydrogen-bond acceptors (Lipinski definition) is 6. The fraction of sp³-hybridized carbons (Fsp3) is 0.182. The number of thiocarbonyl (C=S) groups is 1. The minimum Gasteiger partial charge on any atom is -0.506 e. The molecule has 1 aromatic heterocycles. The number of anilines is 1. The number of furan rings is 1. The predicted octanol–water partition coefficient (Wildman–Crippen LogP) is 5.20. The van der Waals surface area contributed by atoms with Crippen LogP contribution in [0.1, 0.15) is 42.3 Å². The Kier molecular flexibility index (Phi) is 6.66. The first kappa shape index (κ1) is 22.0. The fourth-order valence-electron chi connectivity index (χ4n) is 2.90. The first-order valence-electron chi connectivity index (χ1n) is 9.58. The second kappa shape index (κ2) is 9.40. The number of phenolic OH excluding ortho intramolecular Hbond substituents is 1. The Labute approximate surface area is 184 Å². The van der Waals surface area contributed by atoms with Gasteiger partial charge in [0.1, 0.15) is 11.5 Å². The van der Waals surface area contributed by atoms with Crippen molar-refractivity contribution in [3.8, 4) is 17.1 Å². The summed E-state index contributed by atoms with van der Waals surface area (Å²) in [6.07, 6.45) is 0.941. The van der Waals surface area contributed by atoms with E-state index in [1.54, 1.807) is 24.3 Å². The molecule has 0 saturated carbocycles. The smallest absolute Gasteiger partial charge is 0.293 e. The van der Waals surface area contributed by atoms with E-state index in [2.05, 4.69) is 24.5 Å². The van der Waals surface area contributed by atoms with Crippen molar-refractivity contribution in [3.05, 3.63) is 76.0 Å². The number of hydrogen-bond donors (Lipinski definition) is 3. The van der Waals surface area contributed by atoms with Crippen molar-refractivity contribution < 1.29 is 19.2 Å². The maximum atomic E-state index is 12.5. The molecule has 9 heteroatoms. The summed E-state index contributed by atoms with van der Waals surface area (Å²) < 4.78 is 5.53. The van der Waals surface area contributed by atoms with Crippen LogP contribution in [0.25, 0.3) is 11.3 Å². The van der Waals surface area contributed by atoms with Crippen molar-refractivity contribution >= 4 is 34.6 Å². The van der Waals surface area contributed by atoms with Gasteiger partial charge in [-0.25, -0.2) is 0 Å². The lowest BCUT2D eigenvalue weighted by Crippen LogP contribution is -2.33. The van der Waals surface area contributed by atoms with Crippen molar-refractivity contribution in [2.45, 2.75) is 26.2 Å². The molecular weight excluding hydrogens is 418 g/mol. The second-order valence-corrected chi connectivity index (χ2v) is 7.37. The number of non-ortho nitro benzene ring substituents is 1. The summed E-state index contributed by atoms with van der Waals surface area (Å²) in [4.78, 5) is 22.9. The summed E-state index contributed by atoms with van der Waals surface area (Å²) in [5, 5.41) is 26.3. The molecule has 0 bridgehead atoms. The molecule has 0 aliphatic carbocycles. The number of amides is 1. The first-order valence-corrected chi connectivity index (χ1v) is 9.99. The maximum absolute atomic E-state index is 12.5. The van der Waals surface area contributed by atoms with Crippen LogP contribution in [0.15, 0.2) is 59.0 Å². The molecule has 0 fully saturated rings. The third-order valence-corrected chi connectivity index (χ3v) is 5.05. The summed E-state index contributed by atoms with van der Waals surface area (Å²) >= 11 is 5.18. The number of nitro benzene ring substituents is 1. The molecule has 31 heavy (non-hydrogen) atoms. The predicted molar refractivity (Wildman–Crippen MR) is 121 cm³/mol. The Bertz CT molecular complexity index is 1140. The van der Waals surface area contributed by atoms with Gasteiger partial charge in [-0.05, 0) is 54.4 Å². The van der Waals surface area contributed by atoms with E-state index >= 15 is 0 Å². The van der Waals surface area contributed by atoms with Crippen molar-refractivity contribution in [2.75, 3.05) is 5.32 Å². The van der Waals surface area contributed by atoms with E-state index < -0.39 is 10.8 Å². The Balaban J connectivity index is 1.69.